The third-order valence-corrected chi connectivity index (χ3v) is 3.48. The van der Waals surface area contributed by atoms with E-state index in [1.807, 2.05) is 35.7 Å². The first-order valence-corrected chi connectivity index (χ1v) is 6.24. The Labute approximate surface area is 106 Å². The SMILES string of the molecule is N#C/C(=C/c1csc(Br)c1)c1ccccn1. The third kappa shape index (κ3) is 2.57. The standard InChI is InChI=1S/C12H7BrN2S/c13-12-6-9(8-16-12)5-10(7-14)11-3-1-2-4-15-11/h1-6,8H/b10-5-. The Balaban J connectivity index is 2.38. The van der Waals surface area contributed by atoms with Gasteiger partial charge in [0.2, 0.25) is 0 Å². The minimum atomic E-state index is 0.575. The molecule has 4 heteroatoms. The molecule has 2 rings (SSSR count). The third-order valence-electron chi connectivity index (χ3n) is 1.96. The molecule has 0 N–H and O–H groups in total. The normalized spacial score (nSPS) is 11.1. The van der Waals surface area contributed by atoms with E-state index in [-0.39, 0.29) is 0 Å². The van der Waals surface area contributed by atoms with Crippen LogP contribution in [0.4, 0.5) is 0 Å². The molecule has 78 valence electrons. The first-order valence-electron chi connectivity index (χ1n) is 4.57. The molecule has 2 aromatic rings. The number of rotatable bonds is 2. The van der Waals surface area contributed by atoms with E-state index in [1.54, 1.807) is 17.5 Å². The van der Waals surface area contributed by atoms with E-state index in [9.17, 15) is 0 Å². The van der Waals surface area contributed by atoms with E-state index < -0.39 is 0 Å². The van der Waals surface area contributed by atoms with Gasteiger partial charge in [0.05, 0.1) is 15.1 Å². The predicted molar refractivity (Wildman–Crippen MR) is 69.7 cm³/mol. The highest BCUT2D eigenvalue weighted by molar-refractivity contribution is 9.11. The summed E-state index contributed by atoms with van der Waals surface area (Å²) in [7, 11) is 0. The number of hydrogen-bond acceptors (Lipinski definition) is 3. The number of aromatic nitrogens is 1. The number of halogens is 1. The first kappa shape index (κ1) is 11.1. The molecule has 0 fully saturated rings. The molecule has 0 aromatic carbocycles. The summed E-state index contributed by atoms with van der Waals surface area (Å²) in [5, 5.41) is 11.1. The van der Waals surface area contributed by atoms with Crippen LogP contribution in [0.15, 0.2) is 39.6 Å². The molecule has 0 aliphatic heterocycles. The van der Waals surface area contributed by atoms with Gasteiger partial charge in [-0.25, -0.2) is 0 Å². The van der Waals surface area contributed by atoms with Crippen LogP contribution in [0, 0.1) is 11.3 Å². The molecular formula is C12H7BrN2S. The molecule has 0 bridgehead atoms. The van der Waals surface area contributed by atoms with Crippen molar-refractivity contribution in [3.63, 3.8) is 0 Å². The topological polar surface area (TPSA) is 36.7 Å². The average Bonchev–Trinajstić information content (AvgIpc) is 2.73. The number of pyridine rings is 1. The summed E-state index contributed by atoms with van der Waals surface area (Å²) in [6.07, 6.45) is 3.52. The van der Waals surface area contributed by atoms with Gasteiger partial charge in [0, 0.05) is 6.20 Å². The van der Waals surface area contributed by atoms with Gasteiger partial charge in [-0.2, -0.15) is 5.26 Å². The van der Waals surface area contributed by atoms with Crippen LogP contribution in [0.2, 0.25) is 0 Å². The molecule has 0 aliphatic carbocycles. The second-order valence-electron chi connectivity index (χ2n) is 3.07. The highest BCUT2D eigenvalue weighted by Crippen LogP contribution is 2.24. The fourth-order valence-electron chi connectivity index (χ4n) is 1.25. The molecule has 2 nitrogen and oxygen atoms in total. The van der Waals surface area contributed by atoms with Crippen LogP contribution in [0.3, 0.4) is 0 Å². The maximum atomic E-state index is 9.08. The molecule has 2 aromatic heterocycles. The average molecular weight is 291 g/mol. The van der Waals surface area contributed by atoms with Gasteiger partial charge in [0.25, 0.3) is 0 Å². The van der Waals surface area contributed by atoms with Gasteiger partial charge in [-0.15, -0.1) is 11.3 Å². The van der Waals surface area contributed by atoms with Crippen LogP contribution < -0.4 is 0 Å². The highest BCUT2D eigenvalue weighted by atomic mass is 79.9. The van der Waals surface area contributed by atoms with Gasteiger partial charge in [-0.1, -0.05) is 6.07 Å². The molecule has 16 heavy (non-hydrogen) atoms. The van der Waals surface area contributed by atoms with Crippen molar-refractivity contribution in [2.45, 2.75) is 0 Å². The summed E-state index contributed by atoms with van der Waals surface area (Å²) in [5.41, 5.74) is 2.29. The lowest BCUT2D eigenvalue weighted by atomic mass is 10.1. The summed E-state index contributed by atoms with van der Waals surface area (Å²) in [5.74, 6) is 0. The van der Waals surface area contributed by atoms with Crippen molar-refractivity contribution in [1.29, 1.82) is 5.26 Å². The van der Waals surface area contributed by atoms with Crippen LogP contribution in [0.5, 0.6) is 0 Å². The Morgan fingerprint density at radius 3 is 2.94 bits per heavy atom. The molecule has 0 atom stereocenters. The quantitative estimate of drug-likeness (QED) is 0.785. The fourth-order valence-corrected chi connectivity index (χ4v) is 2.38. The van der Waals surface area contributed by atoms with Crippen molar-refractivity contribution >= 4 is 38.9 Å². The zero-order valence-electron chi connectivity index (χ0n) is 8.22. The van der Waals surface area contributed by atoms with E-state index in [0.29, 0.717) is 11.3 Å². The van der Waals surface area contributed by atoms with Crippen molar-refractivity contribution in [2.75, 3.05) is 0 Å². The first-order chi connectivity index (χ1) is 7.79. The minimum absolute atomic E-state index is 0.575. The van der Waals surface area contributed by atoms with Crippen molar-refractivity contribution in [1.82, 2.24) is 4.98 Å². The van der Waals surface area contributed by atoms with Crippen LogP contribution in [0.25, 0.3) is 11.6 Å². The second-order valence-corrected chi connectivity index (χ2v) is 5.36. The lowest BCUT2D eigenvalue weighted by Gasteiger charge is -1.95. The van der Waals surface area contributed by atoms with Gasteiger partial charge in [0.15, 0.2) is 0 Å². The fraction of sp³-hybridized carbons (Fsp3) is 0. The van der Waals surface area contributed by atoms with E-state index in [4.69, 9.17) is 5.26 Å². The number of nitrogens with zero attached hydrogens (tertiary/aromatic N) is 2. The zero-order chi connectivity index (χ0) is 11.4. The smallest absolute Gasteiger partial charge is 0.101 e. The molecule has 0 spiro atoms. The van der Waals surface area contributed by atoms with Crippen LogP contribution in [-0.4, -0.2) is 4.98 Å². The van der Waals surface area contributed by atoms with E-state index >= 15 is 0 Å². The number of allylic oxidation sites excluding steroid dienone is 1. The van der Waals surface area contributed by atoms with Crippen molar-refractivity contribution < 1.29 is 0 Å². The number of thiophene rings is 1. The van der Waals surface area contributed by atoms with Gasteiger partial charge >= 0.3 is 0 Å². The summed E-state index contributed by atoms with van der Waals surface area (Å²) >= 11 is 4.99. The lowest BCUT2D eigenvalue weighted by molar-refractivity contribution is 1.28. The Hall–Kier alpha value is -1.44. The van der Waals surface area contributed by atoms with Gasteiger partial charge in [-0.05, 0) is 51.1 Å². The molecule has 0 saturated carbocycles. The largest absolute Gasteiger partial charge is 0.256 e. The van der Waals surface area contributed by atoms with Gasteiger partial charge in [0.1, 0.15) is 6.07 Å². The Bertz CT molecular complexity index is 552. The van der Waals surface area contributed by atoms with Crippen molar-refractivity contribution in [3.05, 3.63) is 50.9 Å². The Morgan fingerprint density at radius 2 is 2.38 bits per heavy atom. The van der Waals surface area contributed by atoms with Gasteiger partial charge in [-0.3, -0.25) is 4.98 Å². The van der Waals surface area contributed by atoms with Gasteiger partial charge < -0.3 is 0 Å². The zero-order valence-corrected chi connectivity index (χ0v) is 10.6. The lowest BCUT2D eigenvalue weighted by Crippen LogP contribution is -1.84. The highest BCUT2D eigenvalue weighted by Gasteiger charge is 2.02. The Kier molecular flexibility index (Phi) is 3.50. The maximum Gasteiger partial charge on any atom is 0.101 e. The Morgan fingerprint density at radius 1 is 1.50 bits per heavy atom. The maximum absolute atomic E-state index is 9.08. The summed E-state index contributed by atoms with van der Waals surface area (Å²) in [6, 6.07) is 9.68. The molecule has 2 heterocycles. The number of hydrogen-bond donors (Lipinski definition) is 0. The molecule has 0 unspecified atom stereocenters. The summed E-state index contributed by atoms with van der Waals surface area (Å²) < 4.78 is 1.05. The van der Waals surface area contributed by atoms with Crippen LogP contribution in [0.1, 0.15) is 11.3 Å². The summed E-state index contributed by atoms with van der Waals surface area (Å²) in [6.45, 7) is 0. The van der Waals surface area contributed by atoms with Crippen LogP contribution in [-0.2, 0) is 0 Å². The molecule has 0 radical (unpaired) electrons. The van der Waals surface area contributed by atoms with E-state index in [0.717, 1.165) is 9.35 Å². The van der Waals surface area contributed by atoms with Crippen LogP contribution >= 0.6 is 27.3 Å². The molecule has 0 saturated heterocycles. The number of nitriles is 1. The predicted octanol–water partition coefficient (Wildman–Crippen LogP) is 3.97. The molecule has 0 aliphatic rings. The molecule has 0 amide bonds. The van der Waals surface area contributed by atoms with E-state index in [2.05, 4.69) is 27.0 Å². The molecular weight excluding hydrogens is 284 g/mol. The monoisotopic (exact) mass is 290 g/mol. The summed E-state index contributed by atoms with van der Waals surface area (Å²) in [4.78, 5) is 4.15. The van der Waals surface area contributed by atoms with E-state index in [1.165, 1.54) is 0 Å². The van der Waals surface area contributed by atoms with Crippen molar-refractivity contribution in [2.24, 2.45) is 0 Å². The van der Waals surface area contributed by atoms with Crippen molar-refractivity contribution in [3.8, 4) is 6.07 Å². The second kappa shape index (κ2) is 5.06. The minimum Gasteiger partial charge on any atom is -0.256 e.